The number of anilines is 1. The molecule has 2 amide bonds. The summed E-state index contributed by atoms with van der Waals surface area (Å²) in [6.07, 6.45) is 0.394. The summed E-state index contributed by atoms with van der Waals surface area (Å²) in [4.78, 5) is 39.9. The lowest BCUT2D eigenvalue weighted by Gasteiger charge is -2.32. The van der Waals surface area contributed by atoms with Crippen LogP contribution in [-0.2, 0) is 9.59 Å². The molecule has 3 rings (SSSR count). The van der Waals surface area contributed by atoms with Crippen LogP contribution in [0.1, 0.15) is 34.3 Å². The average Bonchev–Trinajstić information content (AvgIpc) is 2.74. The molecule has 2 N–H and O–H groups in total. The smallest absolute Gasteiger partial charge is 0.279 e. The molecular weight excluding hydrogens is 397 g/mol. The lowest BCUT2D eigenvalue weighted by Crippen LogP contribution is -3.15. The van der Waals surface area contributed by atoms with Gasteiger partial charge in [0.25, 0.3) is 5.91 Å². The maximum Gasteiger partial charge on any atom is 0.279 e. The first-order valence-electron chi connectivity index (χ1n) is 10.6. The van der Waals surface area contributed by atoms with Crippen molar-refractivity contribution >= 4 is 23.3 Å². The number of amides is 2. The maximum atomic E-state index is 13.2. The van der Waals surface area contributed by atoms with Crippen LogP contribution in [-0.4, -0.2) is 55.2 Å². The highest BCUT2D eigenvalue weighted by Crippen LogP contribution is 2.13. The van der Waals surface area contributed by atoms with Crippen LogP contribution < -0.4 is 10.2 Å². The first-order valence-corrected chi connectivity index (χ1v) is 10.6. The molecule has 0 unspecified atom stereocenters. The van der Waals surface area contributed by atoms with Crippen LogP contribution in [0.4, 0.5) is 10.1 Å². The molecule has 0 atom stereocenters. The molecule has 164 valence electrons. The minimum absolute atomic E-state index is 0.0188. The molecule has 2 aromatic rings. The highest BCUT2D eigenvalue weighted by Gasteiger charge is 2.25. The summed E-state index contributed by atoms with van der Waals surface area (Å²) in [5.74, 6) is -0.622. The molecule has 6 nitrogen and oxygen atoms in total. The van der Waals surface area contributed by atoms with Gasteiger partial charge in [-0.3, -0.25) is 14.4 Å². The van der Waals surface area contributed by atoms with Crippen molar-refractivity contribution in [1.29, 1.82) is 0 Å². The third-order valence-corrected chi connectivity index (χ3v) is 5.74. The van der Waals surface area contributed by atoms with Gasteiger partial charge in [-0.2, -0.15) is 0 Å². The monoisotopic (exact) mass is 426 g/mol. The fourth-order valence-corrected chi connectivity index (χ4v) is 3.69. The van der Waals surface area contributed by atoms with Gasteiger partial charge in [0.2, 0.25) is 5.91 Å². The van der Waals surface area contributed by atoms with Crippen molar-refractivity contribution in [2.45, 2.75) is 26.7 Å². The number of rotatable bonds is 7. The average molecular weight is 427 g/mol. The summed E-state index contributed by atoms with van der Waals surface area (Å²) in [5, 5.41) is 2.70. The van der Waals surface area contributed by atoms with Gasteiger partial charge in [-0.15, -0.1) is 0 Å². The summed E-state index contributed by atoms with van der Waals surface area (Å²) in [7, 11) is 0. The van der Waals surface area contributed by atoms with Gasteiger partial charge in [-0.25, -0.2) is 4.39 Å². The Balaban J connectivity index is 1.40. The van der Waals surface area contributed by atoms with E-state index in [1.165, 1.54) is 12.1 Å². The SMILES string of the molecule is Cc1ccc(C(=O)CCC(=O)N2CC[NH+](CC(=O)Nc3cccc(F)c3)CC2)cc1C. The largest absolute Gasteiger partial charge is 0.331 e. The quantitative estimate of drug-likeness (QED) is 0.663. The van der Waals surface area contributed by atoms with E-state index in [1.807, 2.05) is 32.0 Å². The molecule has 0 bridgehead atoms. The van der Waals surface area contributed by atoms with Crippen LogP contribution in [0.3, 0.4) is 0 Å². The second kappa shape index (κ2) is 10.3. The van der Waals surface area contributed by atoms with Crippen LogP contribution in [0, 0.1) is 19.7 Å². The molecule has 1 saturated heterocycles. The van der Waals surface area contributed by atoms with Crippen molar-refractivity contribution in [2.75, 3.05) is 38.0 Å². The topological polar surface area (TPSA) is 70.9 Å². The molecule has 0 saturated carbocycles. The second-order valence-corrected chi connectivity index (χ2v) is 8.09. The number of aryl methyl sites for hydroxylation is 2. The standard InChI is InChI=1S/C24H28FN3O3/c1-17-6-7-19(14-18(17)2)22(29)8-9-24(31)28-12-10-27(11-13-28)16-23(30)26-21-5-3-4-20(25)15-21/h3-7,14-15H,8-13,16H2,1-2H3,(H,26,30)/p+1. The third kappa shape index (κ3) is 6.46. The zero-order valence-electron chi connectivity index (χ0n) is 18.0. The summed E-state index contributed by atoms with van der Waals surface area (Å²) in [6, 6.07) is 11.4. The van der Waals surface area contributed by atoms with Crippen LogP contribution in [0.2, 0.25) is 0 Å². The Morgan fingerprint density at radius 1 is 1.00 bits per heavy atom. The lowest BCUT2D eigenvalue weighted by molar-refractivity contribution is -0.895. The number of ketones is 1. The zero-order valence-corrected chi connectivity index (χ0v) is 18.0. The van der Waals surface area contributed by atoms with E-state index in [9.17, 15) is 18.8 Å². The van der Waals surface area contributed by atoms with Crippen LogP contribution in [0.15, 0.2) is 42.5 Å². The van der Waals surface area contributed by atoms with Crippen molar-refractivity contribution in [3.05, 3.63) is 65.0 Å². The van der Waals surface area contributed by atoms with E-state index in [0.717, 1.165) is 16.0 Å². The van der Waals surface area contributed by atoms with Crippen molar-refractivity contribution in [3.63, 3.8) is 0 Å². The van der Waals surface area contributed by atoms with E-state index in [2.05, 4.69) is 5.32 Å². The van der Waals surface area contributed by atoms with Gasteiger partial charge in [-0.05, 0) is 49.2 Å². The van der Waals surface area contributed by atoms with E-state index in [4.69, 9.17) is 0 Å². The van der Waals surface area contributed by atoms with Crippen molar-refractivity contribution in [2.24, 2.45) is 0 Å². The summed E-state index contributed by atoms with van der Waals surface area (Å²) in [5.41, 5.74) is 3.29. The van der Waals surface area contributed by atoms with E-state index in [-0.39, 0.29) is 37.0 Å². The van der Waals surface area contributed by atoms with E-state index in [1.54, 1.807) is 17.0 Å². The fourth-order valence-electron chi connectivity index (χ4n) is 3.69. The normalized spacial score (nSPS) is 14.4. The third-order valence-electron chi connectivity index (χ3n) is 5.74. The summed E-state index contributed by atoms with van der Waals surface area (Å²) < 4.78 is 13.2. The molecule has 1 heterocycles. The van der Waals surface area contributed by atoms with Gasteiger partial charge >= 0.3 is 0 Å². The van der Waals surface area contributed by atoms with Gasteiger partial charge in [0, 0.05) is 24.1 Å². The number of halogens is 1. The molecule has 0 aliphatic carbocycles. The number of carbonyl (C=O) groups excluding carboxylic acids is 3. The number of carbonyl (C=O) groups is 3. The summed E-state index contributed by atoms with van der Waals surface area (Å²) in [6.45, 7) is 6.67. The summed E-state index contributed by atoms with van der Waals surface area (Å²) >= 11 is 0. The Bertz CT molecular complexity index is 968. The number of hydrogen-bond donors (Lipinski definition) is 2. The molecule has 1 aliphatic rings. The first-order chi connectivity index (χ1) is 14.8. The molecule has 2 aromatic carbocycles. The minimum atomic E-state index is -0.395. The maximum absolute atomic E-state index is 13.2. The van der Waals surface area contributed by atoms with Gasteiger partial charge in [0.05, 0.1) is 26.2 Å². The van der Waals surface area contributed by atoms with Crippen LogP contribution in [0.5, 0.6) is 0 Å². The molecule has 0 radical (unpaired) electrons. The fraction of sp³-hybridized carbons (Fsp3) is 0.375. The number of benzene rings is 2. The van der Waals surface area contributed by atoms with Gasteiger partial charge in [0.1, 0.15) is 5.82 Å². The Hall–Kier alpha value is -3.06. The predicted octanol–water partition coefficient (Wildman–Crippen LogP) is 1.77. The van der Waals surface area contributed by atoms with E-state index < -0.39 is 5.82 Å². The molecule has 0 aromatic heterocycles. The Labute approximate surface area is 182 Å². The highest BCUT2D eigenvalue weighted by molar-refractivity contribution is 5.98. The molecule has 1 fully saturated rings. The van der Waals surface area contributed by atoms with Gasteiger partial charge in [-0.1, -0.05) is 18.2 Å². The number of hydrogen-bond acceptors (Lipinski definition) is 3. The minimum Gasteiger partial charge on any atom is -0.331 e. The van der Waals surface area contributed by atoms with E-state index in [0.29, 0.717) is 37.4 Å². The van der Waals surface area contributed by atoms with Crippen molar-refractivity contribution in [1.82, 2.24) is 4.90 Å². The number of quaternary nitrogens is 1. The van der Waals surface area contributed by atoms with Gasteiger partial charge < -0.3 is 15.1 Å². The Morgan fingerprint density at radius 3 is 2.42 bits per heavy atom. The first kappa shape index (κ1) is 22.6. The zero-order chi connectivity index (χ0) is 22.4. The Kier molecular flexibility index (Phi) is 7.52. The molecule has 1 aliphatic heterocycles. The lowest BCUT2D eigenvalue weighted by atomic mass is 10.0. The van der Waals surface area contributed by atoms with Crippen LogP contribution >= 0.6 is 0 Å². The highest BCUT2D eigenvalue weighted by atomic mass is 19.1. The number of Topliss-reactive ketones (excluding diaryl/α,β-unsaturated/α-hetero) is 1. The van der Waals surface area contributed by atoms with Crippen molar-refractivity contribution in [3.8, 4) is 0 Å². The number of nitrogens with zero attached hydrogens (tertiary/aromatic N) is 1. The molecule has 31 heavy (non-hydrogen) atoms. The molecule has 0 spiro atoms. The predicted molar refractivity (Wildman–Crippen MR) is 117 cm³/mol. The molecular formula is C24H29FN3O3+. The van der Waals surface area contributed by atoms with Crippen LogP contribution in [0.25, 0.3) is 0 Å². The number of piperazine rings is 1. The van der Waals surface area contributed by atoms with Gasteiger partial charge in [0.15, 0.2) is 12.3 Å². The second-order valence-electron chi connectivity index (χ2n) is 8.09. The Morgan fingerprint density at radius 2 is 1.74 bits per heavy atom. The van der Waals surface area contributed by atoms with Crippen molar-refractivity contribution < 1.29 is 23.7 Å². The molecule has 7 heteroatoms. The van der Waals surface area contributed by atoms with E-state index >= 15 is 0 Å². The number of nitrogens with one attached hydrogen (secondary N) is 2.